The number of ether oxygens (including phenoxy) is 1. The first-order chi connectivity index (χ1) is 13.1. The largest absolute Gasteiger partial charge is 0.494 e. The molecule has 0 aliphatic rings. The summed E-state index contributed by atoms with van der Waals surface area (Å²) >= 11 is 1.20. The van der Waals surface area contributed by atoms with E-state index in [2.05, 4.69) is 17.2 Å². The molecular formula is C19H19N3O4S. The van der Waals surface area contributed by atoms with Crippen molar-refractivity contribution in [3.05, 3.63) is 58.1 Å². The Balaban J connectivity index is 1.69. The summed E-state index contributed by atoms with van der Waals surface area (Å²) in [4.78, 5) is 27.2. The average Bonchev–Trinajstić information content (AvgIpc) is 3.06. The lowest BCUT2D eigenvalue weighted by molar-refractivity contribution is -0.384. The molecule has 0 saturated carbocycles. The Bertz CT molecular complexity index is 970. The van der Waals surface area contributed by atoms with Crippen molar-refractivity contribution in [2.75, 3.05) is 11.9 Å². The Morgan fingerprint density at radius 2 is 2.11 bits per heavy atom. The zero-order valence-electron chi connectivity index (χ0n) is 14.8. The number of hydrogen-bond donors (Lipinski definition) is 1. The van der Waals surface area contributed by atoms with Gasteiger partial charge in [-0.3, -0.25) is 20.2 Å². The van der Waals surface area contributed by atoms with Gasteiger partial charge in [-0.15, -0.1) is 0 Å². The molecule has 0 aliphatic heterocycles. The van der Waals surface area contributed by atoms with E-state index in [0.29, 0.717) is 33.3 Å². The quantitative estimate of drug-likeness (QED) is 0.333. The van der Waals surface area contributed by atoms with Crippen LogP contribution in [0.15, 0.2) is 42.5 Å². The van der Waals surface area contributed by atoms with Gasteiger partial charge in [-0.2, -0.15) is 0 Å². The molecule has 0 bridgehead atoms. The number of nitrogens with zero attached hydrogens (tertiary/aromatic N) is 2. The number of amides is 1. The van der Waals surface area contributed by atoms with Crippen molar-refractivity contribution in [2.24, 2.45) is 0 Å². The molecule has 7 nitrogen and oxygen atoms in total. The van der Waals surface area contributed by atoms with Crippen LogP contribution in [-0.4, -0.2) is 22.4 Å². The van der Waals surface area contributed by atoms with Crippen molar-refractivity contribution in [3.8, 4) is 5.75 Å². The highest BCUT2D eigenvalue weighted by atomic mass is 32.1. The van der Waals surface area contributed by atoms with Gasteiger partial charge in [0.15, 0.2) is 5.13 Å². The second kappa shape index (κ2) is 8.59. The highest BCUT2D eigenvalue weighted by Crippen LogP contribution is 2.29. The Morgan fingerprint density at radius 3 is 2.89 bits per heavy atom. The highest BCUT2D eigenvalue weighted by Gasteiger charge is 2.13. The zero-order chi connectivity index (χ0) is 19.2. The Morgan fingerprint density at radius 1 is 1.26 bits per heavy atom. The first kappa shape index (κ1) is 18.8. The summed E-state index contributed by atoms with van der Waals surface area (Å²) in [6.45, 7) is 2.75. The van der Waals surface area contributed by atoms with E-state index in [1.165, 1.54) is 23.5 Å². The van der Waals surface area contributed by atoms with Crippen molar-refractivity contribution >= 4 is 38.3 Å². The average molecular weight is 385 g/mol. The third-order valence-corrected chi connectivity index (χ3v) is 4.85. The van der Waals surface area contributed by atoms with Gasteiger partial charge in [0.1, 0.15) is 5.75 Å². The highest BCUT2D eigenvalue weighted by molar-refractivity contribution is 7.22. The second-order valence-electron chi connectivity index (χ2n) is 5.97. The molecule has 1 aromatic heterocycles. The molecule has 1 amide bonds. The predicted octanol–water partition coefficient (Wildman–Crippen LogP) is 5.03. The fraction of sp³-hybridized carbons (Fsp3) is 0.263. The minimum atomic E-state index is -0.455. The molecule has 0 fully saturated rings. The fourth-order valence-electron chi connectivity index (χ4n) is 2.52. The third-order valence-electron chi connectivity index (χ3n) is 3.92. The number of anilines is 1. The molecule has 8 heteroatoms. The van der Waals surface area contributed by atoms with Gasteiger partial charge in [0.05, 0.1) is 21.7 Å². The van der Waals surface area contributed by atoms with Crippen LogP contribution in [0.3, 0.4) is 0 Å². The second-order valence-corrected chi connectivity index (χ2v) is 7.00. The maximum Gasteiger partial charge on any atom is 0.270 e. The van der Waals surface area contributed by atoms with Crippen molar-refractivity contribution in [1.29, 1.82) is 0 Å². The number of thiazole rings is 1. The summed E-state index contributed by atoms with van der Waals surface area (Å²) in [6, 6.07) is 11.4. The molecule has 140 valence electrons. The number of carbonyl (C=O) groups is 1. The van der Waals surface area contributed by atoms with Crippen LogP contribution < -0.4 is 10.1 Å². The maximum absolute atomic E-state index is 12.5. The molecule has 1 heterocycles. The topological polar surface area (TPSA) is 94.4 Å². The van der Waals surface area contributed by atoms with E-state index in [9.17, 15) is 14.9 Å². The normalized spacial score (nSPS) is 10.7. The van der Waals surface area contributed by atoms with E-state index in [4.69, 9.17) is 4.74 Å². The summed E-state index contributed by atoms with van der Waals surface area (Å²) in [5.74, 6) is 0.348. The van der Waals surface area contributed by atoms with Crippen LogP contribution in [0.2, 0.25) is 0 Å². The SMILES string of the molecule is CCCCCOc1cccc(C(=O)Nc2nc3ccc([N+](=O)[O-])cc3s2)c1. The third kappa shape index (κ3) is 4.79. The number of rotatable bonds is 8. The summed E-state index contributed by atoms with van der Waals surface area (Å²) in [5.41, 5.74) is 1.07. The van der Waals surface area contributed by atoms with E-state index in [0.717, 1.165) is 19.3 Å². The number of nitro benzene ring substituents is 1. The van der Waals surface area contributed by atoms with Crippen LogP contribution in [0.5, 0.6) is 5.75 Å². The Hall–Kier alpha value is -3.00. The van der Waals surface area contributed by atoms with Gasteiger partial charge in [-0.1, -0.05) is 37.2 Å². The van der Waals surface area contributed by atoms with Crippen molar-refractivity contribution in [3.63, 3.8) is 0 Å². The van der Waals surface area contributed by atoms with Gasteiger partial charge in [-0.05, 0) is 30.7 Å². The lowest BCUT2D eigenvalue weighted by Gasteiger charge is -2.07. The van der Waals surface area contributed by atoms with E-state index in [1.807, 2.05) is 6.07 Å². The molecular weight excluding hydrogens is 366 g/mol. The summed E-state index contributed by atoms with van der Waals surface area (Å²) in [7, 11) is 0. The molecule has 2 aromatic carbocycles. The number of hydrogen-bond acceptors (Lipinski definition) is 6. The zero-order valence-corrected chi connectivity index (χ0v) is 15.6. The number of nitro groups is 1. The van der Waals surface area contributed by atoms with E-state index in [1.54, 1.807) is 24.3 Å². The number of fused-ring (bicyclic) bond motifs is 1. The van der Waals surface area contributed by atoms with Crippen molar-refractivity contribution in [1.82, 2.24) is 4.98 Å². The monoisotopic (exact) mass is 385 g/mol. The lowest BCUT2D eigenvalue weighted by atomic mass is 10.2. The van der Waals surface area contributed by atoms with E-state index < -0.39 is 4.92 Å². The molecule has 0 atom stereocenters. The Labute approximate surface area is 160 Å². The molecule has 3 aromatic rings. The van der Waals surface area contributed by atoms with Crippen LogP contribution in [0.4, 0.5) is 10.8 Å². The van der Waals surface area contributed by atoms with Crippen LogP contribution in [0.25, 0.3) is 10.2 Å². The van der Waals surface area contributed by atoms with Crippen LogP contribution in [0, 0.1) is 10.1 Å². The fourth-order valence-corrected chi connectivity index (χ4v) is 3.41. The smallest absolute Gasteiger partial charge is 0.270 e. The number of aromatic nitrogens is 1. The maximum atomic E-state index is 12.5. The van der Waals surface area contributed by atoms with Crippen LogP contribution >= 0.6 is 11.3 Å². The molecule has 27 heavy (non-hydrogen) atoms. The first-order valence-electron chi connectivity index (χ1n) is 8.66. The van der Waals surface area contributed by atoms with Crippen molar-refractivity contribution in [2.45, 2.75) is 26.2 Å². The van der Waals surface area contributed by atoms with Crippen molar-refractivity contribution < 1.29 is 14.5 Å². The summed E-state index contributed by atoms with van der Waals surface area (Å²) < 4.78 is 6.32. The number of non-ortho nitro benzene ring substituents is 1. The van der Waals surface area contributed by atoms with Gasteiger partial charge >= 0.3 is 0 Å². The van der Waals surface area contributed by atoms with Gasteiger partial charge in [0.25, 0.3) is 11.6 Å². The predicted molar refractivity (Wildman–Crippen MR) is 106 cm³/mol. The molecule has 1 N–H and O–H groups in total. The van der Waals surface area contributed by atoms with E-state index >= 15 is 0 Å². The van der Waals surface area contributed by atoms with Gasteiger partial charge in [0, 0.05) is 17.7 Å². The van der Waals surface area contributed by atoms with Crippen LogP contribution in [0.1, 0.15) is 36.5 Å². The number of nitrogens with one attached hydrogen (secondary N) is 1. The number of benzene rings is 2. The standard InChI is InChI=1S/C19H19N3O4S/c1-2-3-4-10-26-15-7-5-6-13(11-15)18(23)21-19-20-16-9-8-14(22(24)25)12-17(16)27-19/h5-9,11-12H,2-4,10H2,1H3,(H,20,21,23). The summed E-state index contributed by atoms with van der Waals surface area (Å²) in [6.07, 6.45) is 3.21. The molecule has 0 unspecified atom stereocenters. The molecule has 3 rings (SSSR count). The molecule has 0 aliphatic carbocycles. The van der Waals surface area contributed by atoms with Gasteiger partial charge in [-0.25, -0.2) is 4.98 Å². The van der Waals surface area contributed by atoms with Crippen LogP contribution in [-0.2, 0) is 0 Å². The first-order valence-corrected chi connectivity index (χ1v) is 9.47. The number of carbonyl (C=O) groups excluding carboxylic acids is 1. The number of unbranched alkanes of at least 4 members (excludes halogenated alkanes) is 2. The minimum absolute atomic E-state index is 0.00282. The van der Waals surface area contributed by atoms with E-state index in [-0.39, 0.29) is 11.6 Å². The van der Waals surface area contributed by atoms with Gasteiger partial charge in [0.2, 0.25) is 0 Å². The lowest BCUT2D eigenvalue weighted by Crippen LogP contribution is -2.11. The van der Waals surface area contributed by atoms with Gasteiger partial charge < -0.3 is 4.74 Å². The molecule has 0 spiro atoms. The molecule has 0 radical (unpaired) electrons. The Kier molecular flexibility index (Phi) is 5.97. The molecule has 0 saturated heterocycles. The summed E-state index contributed by atoms with van der Waals surface area (Å²) in [5, 5.41) is 14.0. The minimum Gasteiger partial charge on any atom is -0.494 e.